The monoisotopic (exact) mass is 383 g/mol. The predicted molar refractivity (Wildman–Crippen MR) is 108 cm³/mol. The third kappa shape index (κ3) is 4.81. The van der Waals surface area contributed by atoms with Crippen molar-refractivity contribution in [2.45, 2.75) is 39.3 Å². The van der Waals surface area contributed by atoms with Gasteiger partial charge in [-0.05, 0) is 49.9 Å². The van der Waals surface area contributed by atoms with Gasteiger partial charge in [0.25, 0.3) is 5.91 Å². The summed E-state index contributed by atoms with van der Waals surface area (Å²) in [5.41, 5.74) is 7.50. The van der Waals surface area contributed by atoms with Gasteiger partial charge < -0.3 is 20.1 Å². The molecule has 2 aromatic rings. The smallest absolute Gasteiger partial charge is 0.254 e. The van der Waals surface area contributed by atoms with Gasteiger partial charge in [0.05, 0.1) is 6.61 Å². The van der Waals surface area contributed by atoms with Gasteiger partial charge in [-0.3, -0.25) is 9.78 Å². The highest BCUT2D eigenvalue weighted by molar-refractivity contribution is 5.95. The van der Waals surface area contributed by atoms with Crippen LogP contribution in [-0.2, 0) is 6.61 Å². The van der Waals surface area contributed by atoms with Crippen LogP contribution < -0.4 is 15.2 Å². The van der Waals surface area contributed by atoms with Gasteiger partial charge in [0.2, 0.25) is 0 Å². The van der Waals surface area contributed by atoms with Crippen molar-refractivity contribution in [1.82, 2.24) is 9.88 Å². The molecule has 1 aromatic carbocycles. The molecule has 6 heteroatoms. The number of nitrogens with two attached hydrogens (primary N) is 1. The van der Waals surface area contributed by atoms with Crippen LogP contribution in [0.1, 0.15) is 42.6 Å². The Labute approximate surface area is 166 Å². The molecule has 1 aliphatic heterocycles. The summed E-state index contributed by atoms with van der Waals surface area (Å²) in [5, 5.41) is 0. The van der Waals surface area contributed by atoms with E-state index in [1.807, 2.05) is 24.0 Å². The van der Waals surface area contributed by atoms with Crippen molar-refractivity contribution in [2.24, 2.45) is 11.7 Å². The SMILES string of the molecule is CCOc1cc(C(=O)N2CCC(C)CC2CN)ccc1OCc1cccnc1. The Hall–Kier alpha value is -2.60. The molecule has 1 saturated heterocycles. The first-order valence-corrected chi connectivity index (χ1v) is 9.92. The summed E-state index contributed by atoms with van der Waals surface area (Å²) in [6, 6.07) is 9.30. The lowest BCUT2D eigenvalue weighted by atomic mass is 9.92. The van der Waals surface area contributed by atoms with Crippen molar-refractivity contribution in [3.8, 4) is 11.5 Å². The zero-order valence-electron chi connectivity index (χ0n) is 16.6. The number of pyridine rings is 1. The largest absolute Gasteiger partial charge is 0.490 e. The number of amides is 1. The minimum absolute atomic E-state index is 0.00196. The van der Waals surface area contributed by atoms with E-state index in [4.69, 9.17) is 15.2 Å². The molecule has 2 N–H and O–H groups in total. The average Bonchev–Trinajstić information content (AvgIpc) is 2.73. The van der Waals surface area contributed by atoms with Crippen molar-refractivity contribution in [2.75, 3.05) is 19.7 Å². The third-order valence-electron chi connectivity index (χ3n) is 5.12. The molecule has 28 heavy (non-hydrogen) atoms. The van der Waals surface area contributed by atoms with Crippen LogP contribution in [-0.4, -0.2) is 41.5 Å². The average molecular weight is 383 g/mol. The fraction of sp³-hybridized carbons (Fsp3) is 0.455. The van der Waals surface area contributed by atoms with Crippen molar-refractivity contribution < 1.29 is 14.3 Å². The topological polar surface area (TPSA) is 77.7 Å². The molecule has 2 atom stereocenters. The first-order chi connectivity index (χ1) is 13.6. The quantitative estimate of drug-likeness (QED) is 0.794. The van der Waals surface area contributed by atoms with Crippen molar-refractivity contribution in [3.05, 3.63) is 53.9 Å². The zero-order valence-corrected chi connectivity index (χ0v) is 16.6. The van der Waals surface area contributed by atoms with E-state index in [0.29, 0.717) is 42.7 Å². The van der Waals surface area contributed by atoms with Crippen LogP contribution in [0.3, 0.4) is 0 Å². The van der Waals surface area contributed by atoms with Gasteiger partial charge in [0.15, 0.2) is 11.5 Å². The summed E-state index contributed by atoms with van der Waals surface area (Å²) in [6.45, 7) is 6.24. The second-order valence-corrected chi connectivity index (χ2v) is 7.26. The van der Waals surface area contributed by atoms with E-state index in [-0.39, 0.29) is 11.9 Å². The predicted octanol–water partition coefficient (Wildman–Crippen LogP) is 3.26. The zero-order chi connectivity index (χ0) is 19.9. The maximum atomic E-state index is 13.1. The molecule has 0 radical (unpaired) electrons. The van der Waals surface area contributed by atoms with Crippen LogP contribution in [0.5, 0.6) is 11.5 Å². The minimum Gasteiger partial charge on any atom is -0.490 e. The fourth-order valence-corrected chi connectivity index (χ4v) is 3.58. The first-order valence-electron chi connectivity index (χ1n) is 9.92. The van der Waals surface area contributed by atoms with E-state index in [1.54, 1.807) is 30.6 Å². The lowest BCUT2D eigenvalue weighted by Gasteiger charge is -2.38. The normalized spacial score (nSPS) is 19.3. The van der Waals surface area contributed by atoms with Gasteiger partial charge in [-0.25, -0.2) is 0 Å². The first kappa shape index (κ1) is 20.1. The maximum absolute atomic E-state index is 13.1. The van der Waals surface area contributed by atoms with Gasteiger partial charge in [-0.1, -0.05) is 13.0 Å². The molecule has 0 spiro atoms. The number of rotatable bonds is 7. The number of hydrogen-bond donors (Lipinski definition) is 1. The number of likely N-dealkylation sites (tertiary alicyclic amines) is 1. The van der Waals surface area contributed by atoms with Crippen LogP contribution in [0.25, 0.3) is 0 Å². The number of piperidine rings is 1. The number of benzene rings is 1. The second-order valence-electron chi connectivity index (χ2n) is 7.26. The molecule has 0 bridgehead atoms. The van der Waals surface area contributed by atoms with E-state index in [1.165, 1.54) is 0 Å². The van der Waals surface area contributed by atoms with Gasteiger partial charge in [-0.2, -0.15) is 0 Å². The molecule has 0 aliphatic carbocycles. The Morgan fingerprint density at radius 1 is 1.29 bits per heavy atom. The minimum atomic E-state index is 0.00196. The summed E-state index contributed by atoms with van der Waals surface area (Å²) in [6.07, 6.45) is 5.45. The molecule has 6 nitrogen and oxygen atoms in total. The molecular weight excluding hydrogens is 354 g/mol. The molecule has 3 rings (SSSR count). The highest BCUT2D eigenvalue weighted by Crippen LogP contribution is 2.31. The number of hydrogen-bond acceptors (Lipinski definition) is 5. The Morgan fingerprint density at radius 2 is 2.14 bits per heavy atom. The molecule has 1 fully saturated rings. The Balaban J connectivity index is 1.76. The van der Waals surface area contributed by atoms with Crippen LogP contribution in [0, 0.1) is 5.92 Å². The number of carbonyl (C=O) groups is 1. The van der Waals surface area contributed by atoms with Gasteiger partial charge >= 0.3 is 0 Å². The van der Waals surface area contributed by atoms with E-state index < -0.39 is 0 Å². The lowest BCUT2D eigenvalue weighted by molar-refractivity contribution is 0.0573. The van der Waals surface area contributed by atoms with Crippen LogP contribution >= 0.6 is 0 Å². The molecule has 150 valence electrons. The number of carbonyl (C=O) groups excluding carboxylic acids is 1. The number of ether oxygens (including phenoxy) is 2. The number of nitrogens with zero attached hydrogens (tertiary/aromatic N) is 2. The highest BCUT2D eigenvalue weighted by Gasteiger charge is 2.30. The Morgan fingerprint density at radius 3 is 2.86 bits per heavy atom. The second kappa shape index (κ2) is 9.55. The lowest BCUT2D eigenvalue weighted by Crippen LogP contribution is -2.49. The molecule has 1 amide bonds. The molecular formula is C22H29N3O3. The summed E-state index contributed by atoms with van der Waals surface area (Å²) in [4.78, 5) is 19.1. The summed E-state index contributed by atoms with van der Waals surface area (Å²) in [5.74, 6) is 1.79. The summed E-state index contributed by atoms with van der Waals surface area (Å²) in [7, 11) is 0. The van der Waals surface area contributed by atoms with E-state index >= 15 is 0 Å². The van der Waals surface area contributed by atoms with Crippen molar-refractivity contribution in [3.63, 3.8) is 0 Å². The van der Waals surface area contributed by atoms with E-state index in [0.717, 1.165) is 24.9 Å². The van der Waals surface area contributed by atoms with Gasteiger partial charge in [0.1, 0.15) is 6.61 Å². The van der Waals surface area contributed by atoms with Crippen molar-refractivity contribution >= 4 is 5.91 Å². The maximum Gasteiger partial charge on any atom is 0.254 e. The molecule has 2 unspecified atom stereocenters. The summed E-state index contributed by atoms with van der Waals surface area (Å²) < 4.78 is 11.6. The Bertz CT molecular complexity index is 782. The number of aromatic nitrogens is 1. The molecule has 0 saturated carbocycles. The third-order valence-corrected chi connectivity index (χ3v) is 5.12. The Kier molecular flexibility index (Phi) is 6.87. The van der Waals surface area contributed by atoms with Crippen LogP contribution in [0.2, 0.25) is 0 Å². The van der Waals surface area contributed by atoms with Gasteiger partial charge in [-0.15, -0.1) is 0 Å². The highest BCUT2D eigenvalue weighted by atomic mass is 16.5. The molecule has 1 aliphatic rings. The van der Waals surface area contributed by atoms with E-state index in [2.05, 4.69) is 11.9 Å². The summed E-state index contributed by atoms with van der Waals surface area (Å²) >= 11 is 0. The van der Waals surface area contributed by atoms with Crippen molar-refractivity contribution in [1.29, 1.82) is 0 Å². The van der Waals surface area contributed by atoms with Crippen LogP contribution in [0.15, 0.2) is 42.7 Å². The van der Waals surface area contributed by atoms with E-state index in [9.17, 15) is 4.79 Å². The molecule has 1 aromatic heterocycles. The van der Waals surface area contributed by atoms with Crippen LogP contribution in [0.4, 0.5) is 0 Å². The fourth-order valence-electron chi connectivity index (χ4n) is 3.58. The standard InChI is InChI=1S/C22H29N3O3/c1-3-27-21-12-18(22(26)25-10-8-16(2)11-19(25)13-23)6-7-20(21)28-15-17-5-4-9-24-14-17/h4-7,9,12,14,16,19H,3,8,10-11,13,15,23H2,1-2H3. The van der Waals surface area contributed by atoms with Gasteiger partial charge in [0, 0.05) is 42.7 Å². The molecule has 2 heterocycles.